The first kappa shape index (κ1) is 20.4. The number of carbonyl (C=O) groups excluding carboxylic acids is 1. The second kappa shape index (κ2) is 8.77. The van der Waals surface area contributed by atoms with Crippen molar-refractivity contribution < 1.29 is 18.7 Å². The molecule has 1 aliphatic heterocycles. The Hall–Kier alpha value is -2.35. The van der Waals surface area contributed by atoms with E-state index in [-0.39, 0.29) is 17.5 Å². The molecule has 0 spiro atoms. The van der Waals surface area contributed by atoms with E-state index in [1.165, 1.54) is 30.2 Å². The smallest absolute Gasteiger partial charge is 0.270 e. The zero-order chi connectivity index (χ0) is 20.3. The second-order valence-corrected chi connectivity index (χ2v) is 7.68. The summed E-state index contributed by atoms with van der Waals surface area (Å²) in [5, 5.41) is -0.0802. The highest BCUT2D eigenvalue weighted by molar-refractivity contribution is 8.27. The molecule has 0 bridgehead atoms. The summed E-state index contributed by atoms with van der Waals surface area (Å²) in [5.41, 5.74) is 1.07. The summed E-state index contributed by atoms with van der Waals surface area (Å²) in [4.78, 5) is 14.6. The molecular formula is C20H15ClFNO3S2. The fraction of sp³-hybridized carbons (Fsp3) is 0.100. The van der Waals surface area contributed by atoms with E-state index in [0.29, 0.717) is 32.0 Å². The number of para-hydroxylation sites is 1. The molecule has 2 aromatic rings. The number of benzene rings is 2. The molecule has 0 atom stereocenters. The highest BCUT2D eigenvalue weighted by atomic mass is 35.5. The topological polar surface area (TPSA) is 38.8 Å². The van der Waals surface area contributed by atoms with Gasteiger partial charge in [0.1, 0.15) is 12.4 Å². The number of thioether (sulfide) groups is 1. The van der Waals surface area contributed by atoms with Crippen molar-refractivity contribution in [3.05, 3.63) is 70.4 Å². The lowest BCUT2D eigenvalue weighted by Gasteiger charge is -2.15. The molecule has 0 aromatic heterocycles. The zero-order valence-corrected chi connectivity index (χ0v) is 17.2. The largest absolute Gasteiger partial charge is 0.493 e. The minimum Gasteiger partial charge on any atom is -0.493 e. The van der Waals surface area contributed by atoms with E-state index in [1.807, 2.05) is 6.07 Å². The molecule has 1 saturated heterocycles. The molecule has 0 N–H and O–H groups in total. The molecule has 4 nitrogen and oxygen atoms in total. The first-order valence-electron chi connectivity index (χ1n) is 8.10. The van der Waals surface area contributed by atoms with Crippen molar-refractivity contribution in [3.63, 3.8) is 0 Å². The molecule has 1 aliphatic rings. The predicted molar refractivity (Wildman–Crippen MR) is 116 cm³/mol. The molecule has 0 saturated carbocycles. The SMILES string of the molecule is C=CCOc1c(/C=C2\SC(=S)N(c3ccc(F)c(Cl)c3)C2=O)cccc1OC. The van der Waals surface area contributed by atoms with Crippen LogP contribution in [0.2, 0.25) is 5.02 Å². The highest BCUT2D eigenvalue weighted by Gasteiger charge is 2.34. The summed E-state index contributed by atoms with van der Waals surface area (Å²) in [6.07, 6.45) is 3.30. The second-order valence-electron chi connectivity index (χ2n) is 5.59. The van der Waals surface area contributed by atoms with Crippen LogP contribution in [0, 0.1) is 5.82 Å². The van der Waals surface area contributed by atoms with Gasteiger partial charge in [0, 0.05) is 5.56 Å². The summed E-state index contributed by atoms with van der Waals surface area (Å²) in [6.45, 7) is 3.93. The molecule has 8 heteroatoms. The van der Waals surface area contributed by atoms with Gasteiger partial charge in [-0.2, -0.15) is 0 Å². The Morgan fingerprint density at radius 2 is 2.14 bits per heavy atom. The third-order valence-corrected chi connectivity index (χ3v) is 5.41. The van der Waals surface area contributed by atoms with E-state index in [4.69, 9.17) is 33.3 Å². The molecule has 2 aromatic carbocycles. The van der Waals surface area contributed by atoms with Crippen molar-refractivity contribution in [2.24, 2.45) is 0 Å². The van der Waals surface area contributed by atoms with Crippen LogP contribution in [-0.4, -0.2) is 23.9 Å². The maximum atomic E-state index is 13.4. The standard InChI is InChI=1S/C20H15ClFNO3S2/c1-3-9-26-18-12(5-4-6-16(18)25-2)10-17-19(24)23(20(27)28-17)13-7-8-15(22)14(21)11-13/h3-8,10-11H,1,9H2,2H3/b17-10-. The highest BCUT2D eigenvalue weighted by Crippen LogP contribution is 2.39. The van der Waals surface area contributed by atoms with Crippen LogP contribution in [0.5, 0.6) is 11.5 Å². The van der Waals surface area contributed by atoms with E-state index in [9.17, 15) is 9.18 Å². The summed E-state index contributed by atoms with van der Waals surface area (Å²) in [6, 6.07) is 9.40. The molecule has 1 fully saturated rings. The first-order valence-corrected chi connectivity index (χ1v) is 9.70. The van der Waals surface area contributed by atoms with Crippen LogP contribution in [0.1, 0.15) is 5.56 Å². The average Bonchev–Trinajstić information content (AvgIpc) is 2.96. The van der Waals surface area contributed by atoms with E-state index in [1.54, 1.807) is 24.3 Å². The van der Waals surface area contributed by atoms with Crippen LogP contribution in [-0.2, 0) is 4.79 Å². The number of amides is 1. The van der Waals surface area contributed by atoms with Crippen molar-refractivity contribution in [2.75, 3.05) is 18.6 Å². The Bertz CT molecular complexity index is 993. The van der Waals surface area contributed by atoms with Crippen LogP contribution >= 0.6 is 35.6 Å². The normalized spacial score (nSPS) is 15.2. The summed E-state index contributed by atoms with van der Waals surface area (Å²) in [7, 11) is 1.54. The molecule has 1 heterocycles. The minimum absolute atomic E-state index is 0.0802. The van der Waals surface area contributed by atoms with Crippen LogP contribution < -0.4 is 14.4 Å². The number of methoxy groups -OCH3 is 1. The van der Waals surface area contributed by atoms with Gasteiger partial charge in [-0.15, -0.1) is 0 Å². The number of halogens is 2. The summed E-state index contributed by atoms with van der Waals surface area (Å²) < 4.78 is 24.8. The van der Waals surface area contributed by atoms with E-state index in [2.05, 4.69) is 6.58 Å². The van der Waals surface area contributed by atoms with Gasteiger partial charge in [-0.05, 0) is 30.3 Å². The van der Waals surface area contributed by atoms with Gasteiger partial charge in [0.25, 0.3) is 5.91 Å². The molecule has 1 amide bonds. The fourth-order valence-electron chi connectivity index (χ4n) is 2.56. The van der Waals surface area contributed by atoms with E-state index < -0.39 is 5.82 Å². The summed E-state index contributed by atoms with van der Waals surface area (Å²) in [5.74, 6) is 0.151. The number of nitrogens with zero attached hydrogens (tertiary/aromatic N) is 1. The number of ether oxygens (including phenoxy) is 2. The third-order valence-electron chi connectivity index (χ3n) is 3.82. The van der Waals surface area contributed by atoms with Crippen molar-refractivity contribution in [2.45, 2.75) is 0 Å². The maximum absolute atomic E-state index is 13.4. The van der Waals surface area contributed by atoms with Crippen LogP contribution in [0.4, 0.5) is 10.1 Å². The lowest BCUT2D eigenvalue weighted by molar-refractivity contribution is -0.113. The van der Waals surface area contributed by atoms with E-state index in [0.717, 1.165) is 11.8 Å². The number of hydrogen-bond acceptors (Lipinski definition) is 5. The van der Waals surface area contributed by atoms with Gasteiger partial charge in [-0.3, -0.25) is 9.69 Å². The number of rotatable bonds is 6. The molecule has 28 heavy (non-hydrogen) atoms. The molecule has 3 rings (SSSR count). The Labute approximate surface area is 176 Å². The van der Waals surface area contributed by atoms with Gasteiger partial charge < -0.3 is 9.47 Å². The lowest BCUT2D eigenvalue weighted by atomic mass is 10.1. The Morgan fingerprint density at radius 3 is 2.82 bits per heavy atom. The lowest BCUT2D eigenvalue weighted by Crippen LogP contribution is -2.27. The van der Waals surface area contributed by atoms with Gasteiger partial charge in [0.05, 0.1) is 22.7 Å². The Kier molecular flexibility index (Phi) is 6.39. The number of hydrogen-bond donors (Lipinski definition) is 0. The molecular weight excluding hydrogens is 421 g/mol. The van der Waals surface area contributed by atoms with Crippen molar-refractivity contribution >= 4 is 57.6 Å². The monoisotopic (exact) mass is 435 g/mol. The quantitative estimate of drug-likeness (QED) is 0.342. The van der Waals surface area contributed by atoms with E-state index >= 15 is 0 Å². The summed E-state index contributed by atoms with van der Waals surface area (Å²) >= 11 is 12.3. The number of carbonyl (C=O) groups is 1. The third kappa shape index (κ3) is 4.06. The van der Waals surface area contributed by atoms with Crippen LogP contribution in [0.3, 0.4) is 0 Å². The average molecular weight is 436 g/mol. The minimum atomic E-state index is -0.563. The Balaban J connectivity index is 1.98. The molecule has 0 aliphatic carbocycles. The number of thiocarbonyl (C=S) groups is 1. The van der Waals surface area contributed by atoms with Crippen molar-refractivity contribution in [1.29, 1.82) is 0 Å². The molecule has 144 valence electrons. The molecule has 0 unspecified atom stereocenters. The van der Waals surface area contributed by atoms with Gasteiger partial charge in [-0.1, -0.05) is 60.4 Å². The van der Waals surface area contributed by atoms with Crippen LogP contribution in [0.25, 0.3) is 6.08 Å². The fourth-order valence-corrected chi connectivity index (χ4v) is 4.02. The Morgan fingerprint density at radius 1 is 1.36 bits per heavy atom. The number of anilines is 1. The van der Waals surface area contributed by atoms with Gasteiger partial charge in [-0.25, -0.2) is 4.39 Å². The van der Waals surface area contributed by atoms with Crippen LogP contribution in [0.15, 0.2) is 54.0 Å². The van der Waals surface area contributed by atoms with Gasteiger partial charge >= 0.3 is 0 Å². The van der Waals surface area contributed by atoms with Crippen molar-refractivity contribution in [3.8, 4) is 11.5 Å². The predicted octanol–water partition coefficient (Wildman–Crippen LogP) is 5.46. The first-order chi connectivity index (χ1) is 13.5. The molecule has 0 radical (unpaired) electrons. The zero-order valence-electron chi connectivity index (χ0n) is 14.8. The van der Waals surface area contributed by atoms with Gasteiger partial charge in [0.15, 0.2) is 15.8 Å². The maximum Gasteiger partial charge on any atom is 0.270 e. The van der Waals surface area contributed by atoms with Crippen molar-refractivity contribution in [1.82, 2.24) is 0 Å². The van der Waals surface area contributed by atoms with Gasteiger partial charge in [0.2, 0.25) is 0 Å².